The van der Waals surface area contributed by atoms with Gasteiger partial charge in [-0.3, -0.25) is 4.79 Å². The summed E-state index contributed by atoms with van der Waals surface area (Å²) in [5.74, 6) is -6.06. The smallest absolute Gasteiger partial charge is 0.303 e. The molecule has 1 unspecified atom stereocenters. The molecule has 1 aliphatic heterocycles. The number of piperidine rings is 1. The van der Waals surface area contributed by atoms with Gasteiger partial charge < -0.3 is 10.1 Å². The second-order valence-electron chi connectivity index (χ2n) is 4.58. The highest BCUT2D eigenvalue weighted by Gasteiger charge is 2.48. The Bertz CT molecular complexity index is 588. The number of H-pyrrole nitrogens is 1. The van der Waals surface area contributed by atoms with E-state index in [0.717, 1.165) is 0 Å². The minimum Gasteiger partial charge on any atom is -0.481 e. The fourth-order valence-corrected chi connectivity index (χ4v) is 3.48. The van der Waals surface area contributed by atoms with Gasteiger partial charge in [0.05, 0.1) is 13.0 Å². The SMILES string of the molecule is O=C(O)CC1CCN(S(=O)(=O)c2ncc[nH]2)CC1(F)F. The number of aliphatic carboxylic acids is 1. The van der Waals surface area contributed by atoms with Crippen molar-refractivity contribution < 1.29 is 27.1 Å². The summed E-state index contributed by atoms with van der Waals surface area (Å²) < 4.78 is 52.4. The summed E-state index contributed by atoms with van der Waals surface area (Å²) in [6.07, 6.45) is 1.60. The molecule has 0 radical (unpaired) electrons. The molecule has 1 fully saturated rings. The molecule has 7 nitrogen and oxygen atoms in total. The van der Waals surface area contributed by atoms with E-state index in [1.807, 2.05) is 0 Å². The van der Waals surface area contributed by atoms with Gasteiger partial charge in [0.25, 0.3) is 15.9 Å². The van der Waals surface area contributed by atoms with Crippen molar-refractivity contribution in [2.75, 3.05) is 13.1 Å². The van der Waals surface area contributed by atoms with Gasteiger partial charge >= 0.3 is 5.97 Å². The van der Waals surface area contributed by atoms with Crippen LogP contribution >= 0.6 is 0 Å². The lowest BCUT2D eigenvalue weighted by atomic mass is 9.91. The number of carbonyl (C=O) groups is 1. The van der Waals surface area contributed by atoms with E-state index in [1.165, 1.54) is 12.4 Å². The van der Waals surface area contributed by atoms with E-state index in [-0.39, 0.29) is 13.0 Å². The lowest BCUT2D eigenvalue weighted by molar-refractivity contribution is -0.146. The average molecular weight is 309 g/mol. The van der Waals surface area contributed by atoms with Crippen molar-refractivity contribution in [2.45, 2.75) is 23.9 Å². The van der Waals surface area contributed by atoms with Crippen LogP contribution in [0.4, 0.5) is 8.78 Å². The van der Waals surface area contributed by atoms with Gasteiger partial charge in [-0.1, -0.05) is 0 Å². The van der Waals surface area contributed by atoms with E-state index < -0.39 is 46.0 Å². The zero-order valence-corrected chi connectivity index (χ0v) is 11.1. The van der Waals surface area contributed by atoms with E-state index in [4.69, 9.17) is 5.11 Å². The van der Waals surface area contributed by atoms with Crippen molar-refractivity contribution in [1.82, 2.24) is 14.3 Å². The zero-order chi connectivity index (χ0) is 15.0. The normalized spacial score (nSPS) is 23.6. The monoisotopic (exact) mass is 309 g/mol. The minimum atomic E-state index is -4.10. The predicted molar refractivity (Wildman–Crippen MR) is 62.7 cm³/mol. The van der Waals surface area contributed by atoms with Crippen LogP contribution in [0.3, 0.4) is 0 Å². The number of carboxylic acids is 1. The number of aromatic nitrogens is 2. The van der Waals surface area contributed by atoms with E-state index >= 15 is 0 Å². The van der Waals surface area contributed by atoms with E-state index in [2.05, 4.69) is 9.97 Å². The molecule has 0 aromatic carbocycles. The summed E-state index contributed by atoms with van der Waals surface area (Å²) >= 11 is 0. The number of rotatable bonds is 4. The largest absolute Gasteiger partial charge is 0.481 e. The average Bonchev–Trinajstić information content (AvgIpc) is 2.85. The molecule has 112 valence electrons. The lowest BCUT2D eigenvalue weighted by Gasteiger charge is -2.36. The fourth-order valence-electron chi connectivity index (χ4n) is 2.14. The first-order valence-electron chi connectivity index (χ1n) is 5.82. The second-order valence-corrected chi connectivity index (χ2v) is 6.43. The third-order valence-electron chi connectivity index (χ3n) is 3.19. The molecular weight excluding hydrogens is 296 g/mol. The van der Waals surface area contributed by atoms with Gasteiger partial charge in [-0.15, -0.1) is 0 Å². The minimum absolute atomic E-state index is 0.156. The van der Waals surface area contributed by atoms with Gasteiger partial charge in [-0.2, -0.15) is 4.31 Å². The molecular formula is C10H13F2N3O4S. The van der Waals surface area contributed by atoms with Crippen molar-refractivity contribution >= 4 is 16.0 Å². The maximum Gasteiger partial charge on any atom is 0.303 e. The quantitative estimate of drug-likeness (QED) is 0.844. The maximum absolute atomic E-state index is 13.9. The number of halogens is 2. The Morgan fingerprint density at radius 2 is 2.30 bits per heavy atom. The number of nitrogens with zero attached hydrogens (tertiary/aromatic N) is 2. The Balaban J connectivity index is 2.17. The number of hydrogen-bond acceptors (Lipinski definition) is 4. The van der Waals surface area contributed by atoms with Crippen LogP contribution in [0.2, 0.25) is 0 Å². The Morgan fingerprint density at radius 1 is 1.60 bits per heavy atom. The van der Waals surface area contributed by atoms with E-state index in [0.29, 0.717) is 4.31 Å². The molecule has 0 aliphatic carbocycles. The number of carboxylic acid groups (broad SMARTS) is 1. The molecule has 0 bridgehead atoms. The Kier molecular flexibility index (Phi) is 3.78. The number of alkyl halides is 2. The molecule has 2 N–H and O–H groups in total. The Labute approximate surface area is 113 Å². The number of nitrogens with one attached hydrogen (secondary N) is 1. The van der Waals surface area contributed by atoms with Crippen molar-refractivity contribution in [3.63, 3.8) is 0 Å². The second kappa shape index (κ2) is 5.09. The molecule has 1 aliphatic rings. The van der Waals surface area contributed by atoms with Crippen LogP contribution in [0.25, 0.3) is 0 Å². The van der Waals surface area contributed by atoms with Gasteiger partial charge in [0.15, 0.2) is 0 Å². The molecule has 1 aromatic heterocycles. The number of hydrogen-bond donors (Lipinski definition) is 2. The van der Waals surface area contributed by atoms with Crippen molar-refractivity contribution in [1.29, 1.82) is 0 Å². The molecule has 1 atom stereocenters. The summed E-state index contributed by atoms with van der Waals surface area (Å²) in [5, 5.41) is 8.20. The standard InChI is InChI=1S/C10H13F2N3O4S/c11-10(12)6-15(4-1-7(10)5-8(16)17)20(18,19)9-13-2-3-14-9/h2-3,7H,1,4-6H2,(H,13,14)(H,16,17). The summed E-state index contributed by atoms with van der Waals surface area (Å²) in [6, 6.07) is 0. The lowest BCUT2D eigenvalue weighted by Crippen LogP contribution is -2.51. The highest BCUT2D eigenvalue weighted by Crippen LogP contribution is 2.36. The van der Waals surface area contributed by atoms with Crippen LogP contribution in [0.5, 0.6) is 0 Å². The summed E-state index contributed by atoms with van der Waals surface area (Å²) in [5.41, 5.74) is 0. The first-order valence-corrected chi connectivity index (χ1v) is 7.26. The van der Waals surface area contributed by atoms with E-state index in [1.54, 1.807) is 0 Å². The molecule has 1 aromatic rings. The van der Waals surface area contributed by atoms with Crippen molar-refractivity contribution in [2.24, 2.45) is 5.92 Å². The summed E-state index contributed by atoms with van der Waals surface area (Å²) in [7, 11) is -4.10. The van der Waals surface area contributed by atoms with Gasteiger partial charge in [-0.25, -0.2) is 22.2 Å². The van der Waals surface area contributed by atoms with Crippen molar-refractivity contribution in [3.05, 3.63) is 12.4 Å². The number of aromatic amines is 1. The molecule has 1 saturated heterocycles. The van der Waals surface area contributed by atoms with Gasteiger partial charge in [0.1, 0.15) is 0 Å². The molecule has 0 saturated carbocycles. The molecule has 2 rings (SSSR count). The Morgan fingerprint density at radius 3 is 2.80 bits per heavy atom. The molecule has 0 amide bonds. The van der Waals surface area contributed by atoms with Gasteiger partial charge in [0.2, 0.25) is 5.16 Å². The molecule has 20 heavy (non-hydrogen) atoms. The number of imidazole rings is 1. The van der Waals surface area contributed by atoms with Crippen LogP contribution < -0.4 is 0 Å². The van der Waals surface area contributed by atoms with Gasteiger partial charge in [-0.05, 0) is 6.42 Å². The van der Waals surface area contributed by atoms with Crippen LogP contribution in [-0.4, -0.2) is 52.8 Å². The predicted octanol–water partition coefficient (Wildman–Crippen LogP) is 0.530. The zero-order valence-electron chi connectivity index (χ0n) is 10.3. The molecule has 2 heterocycles. The molecule has 10 heteroatoms. The highest BCUT2D eigenvalue weighted by atomic mass is 32.2. The molecule has 0 spiro atoms. The third kappa shape index (κ3) is 2.80. The van der Waals surface area contributed by atoms with Crippen LogP contribution in [0.1, 0.15) is 12.8 Å². The third-order valence-corrected chi connectivity index (χ3v) is 4.89. The van der Waals surface area contributed by atoms with Crippen LogP contribution in [-0.2, 0) is 14.8 Å². The summed E-state index contributed by atoms with van der Waals surface area (Å²) in [4.78, 5) is 16.5. The first kappa shape index (κ1) is 14.9. The van der Waals surface area contributed by atoms with Crippen LogP contribution in [0.15, 0.2) is 17.6 Å². The maximum atomic E-state index is 13.9. The van der Waals surface area contributed by atoms with Crippen molar-refractivity contribution in [3.8, 4) is 0 Å². The highest BCUT2D eigenvalue weighted by molar-refractivity contribution is 7.88. The van der Waals surface area contributed by atoms with Gasteiger partial charge in [0, 0.05) is 24.9 Å². The first-order chi connectivity index (χ1) is 9.23. The van der Waals surface area contributed by atoms with Crippen LogP contribution in [0, 0.1) is 5.92 Å². The summed E-state index contributed by atoms with van der Waals surface area (Å²) in [6.45, 7) is -1.19. The van der Waals surface area contributed by atoms with E-state index in [9.17, 15) is 22.0 Å². The Hall–Kier alpha value is -1.55. The topological polar surface area (TPSA) is 103 Å². The number of sulfonamides is 1. The fraction of sp³-hybridized carbons (Fsp3) is 0.600.